The van der Waals surface area contributed by atoms with Gasteiger partial charge in [0.25, 0.3) is 0 Å². The van der Waals surface area contributed by atoms with E-state index in [2.05, 4.69) is 118 Å². The van der Waals surface area contributed by atoms with Gasteiger partial charge in [-0.05, 0) is 83.5 Å². The van der Waals surface area contributed by atoms with Gasteiger partial charge < -0.3 is 14.2 Å². The fourth-order valence-electron chi connectivity index (χ4n) is 9.04. The first-order chi connectivity index (χ1) is 38.0. The average molecular weight is 1070 g/mol. The van der Waals surface area contributed by atoms with Crippen molar-refractivity contribution in [3.8, 4) is 0 Å². The van der Waals surface area contributed by atoms with Crippen LogP contribution in [0.15, 0.2) is 109 Å². The van der Waals surface area contributed by atoms with Crippen LogP contribution in [-0.4, -0.2) is 37.2 Å². The Labute approximate surface area is 476 Å². The van der Waals surface area contributed by atoms with Crippen molar-refractivity contribution in [2.24, 2.45) is 0 Å². The molecule has 77 heavy (non-hydrogen) atoms. The number of carbonyl (C=O) groups excluding carboxylic acids is 3. The van der Waals surface area contributed by atoms with Crippen LogP contribution in [0, 0.1) is 0 Å². The summed E-state index contributed by atoms with van der Waals surface area (Å²) in [5, 5.41) is 0. The number of rotatable bonds is 58. The number of ether oxygens (including phenoxy) is 3. The fraction of sp³-hybridized carbons (Fsp3) is 0.704. The summed E-state index contributed by atoms with van der Waals surface area (Å²) < 4.78 is 16.8. The lowest BCUT2D eigenvalue weighted by Gasteiger charge is -2.18. The summed E-state index contributed by atoms with van der Waals surface area (Å²) in [6.45, 7) is 6.32. The smallest absolute Gasteiger partial charge is 0.310 e. The number of hydrogen-bond donors (Lipinski definition) is 0. The predicted octanol–water partition coefficient (Wildman–Crippen LogP) is 22.2. The molecule has 0 spiro atoms. The van der Waals surface area contributed by atoms with E-state index in [4.69, 9.17) is 14.2 Å². The van der Waals surface area contributed by atoms with E-state index in [9.17, 15) is 14.4 Å². The van der Waals surface area contributed by atoms with Crippen LogP contribution in [0.2, 0.25) is 0 Å². The largest absolute Gasteiger partial charge is 0.462 e. The SMILES string of the molecule is CC/C=C\C/C=C\C/C=C\C/C=C\C/C=C\CC(=O)OC(COC(=O)CCCC/C=C\C/C=C\C/C=C\C/C=C\CC)COC(=O)CCCCCCCCCCCCCCCCCCCCCCCCCCCCCCC. The van der Waals surface area contributed by atoms with Crippen LogP contribution in [0.25, 0.3) is 0 Å². The third kappa shape index (κ3) is 62.8. The molecule has 0 aromatic carbocycles. The van der Waals surface area contributed by atoms with Crippen molar-refractivity contribution < 1.29 is 28.6 Å². The summed E-state index contributed by atoms with van der Waals surface area (Å²) in [4.78, 5) is 38.2. The van der Waals surface area contributed by atoms with E-state index in [-0.39, 0.29) is 38.0 Å². The molecule has 440 valence electrons. The highest BCUT2D eigenvalue weighted by Crippen LogP contribution is 2.17. The van der Waals surface area contributed by atoms with Gasteiger partial charge in [-0.2, -0.15) is 0 Å². The summed E-state index contributed by atoms with van der Waals surface area (Å²) in [5.41, 5.74) is 0. The van der Waals surface area contributed by atoms with Crippen molar-refractivity contribution >= 4 is 17.9 Å². The second-order valence-corrected chi connectivity index (χ2v) is 21.3. The molecule has 0 heterocycles. The quantitative estimate of drug-likeness (QED) is 0.0261. The molecule has 0 saturated heterocycles. The van der Waals surface area contributed by atoms with Gasteiger partial charge in [-0.1, -0.05) is 310 Å². The number of esters is 3. The summed E-state index contributed by atoms with van der Waals surface area (Å²) in [5.74, 6) is -1.10. The molecule has 0 radical (unpaired) electrons. The van der Waals surface area contributed by atoms with Crippen molar-refractivity contribution in [1.29, 1.82) is 0 Å². The molecular weight excluding hydrogens is 949 g/mol. The van der Waals surface area contributed by atoms with Gasteiger partial charge in [0.05, 0.1) is 6.42 Å². The number of hydrogen-bond acceptors (Lipinski definition) is 6. The van der Waals surface area contributed by atoms with Gasteiger partial charge in [-0.15, -0.1) is 0 Å². The van der Waals surface area contributed by atoms with E-state index in [1.807, 2.05) is 6.08 Å². The van der Waals surface area contributed by atoms with E-state index in [1.54, 1.807) is 6.08 Å². The van der Waals surface area contributed by atoms with Crippen LogP contribution in [-0.2, 0) is 28.6 Å². The van der Waals surface area contributed by atoms with Gasteiger partial charge in [-0.3, -0.25) is 14.4 Å². The lowest BCUT2D eigenvalue weighted by molar-refractivity contribution is -0.166. The maximum Gasteiger partial charge on any atom is 0.310 e. The third-order valence-corrected chi connectivity index (χ3v) is 13.8. The molecule has 0 aromatic heterocycles. The summed E-state index contributed by atoms with van der Waals surface area (Å²) in [7, 11) is 0. The second-order valence-electron chi connectivity index (χ2n) is 21.3. The molecular formula is C71H120O6. The molecule has 0 amide bonds. The van der Waals surface area contributed by atoms with Crippen molar-refractivity contribution in [2.45, 2.75) is 309 Å². The Morgan fingerprint density at radius 3 is 0.857 bits per heavy atom. The maximum atomic E-state index is 12.8. The zero-order valence-electron chi connectivity index (χ0n) is 50.4. The minimum atomic E-state index is -0.851. The van der Waals surface area contributed by atoms with Crippen LogP contribution < -0.4 is 0 Å². The highest BCUT2D eigenvalue weighted by molar-refractivity contribution is 5.72. The van der Waals surface area contributed by atoms with Gasteiger partial charge in [0.1, 0.15) is 13.2 Å². The third-order valence-electron chi connectivity index (χ3n) is 13.8. The highest BCUT2D eigenvalue weighted by Gasteiger charge is 2.19. The van der Waals surface area contributed by atoms with E-state index >= 15 is 0 Å². The topological polar surface area (TPSA) is 78.9 Å². The first-order valence-electron chi connectivity index (χ1n) is 32.4. The Hall–Kier alpha value is -3.93. The van der Waals surface area contributed by atoms with Crippen molar-refractivity contribution in [3.63, 3.8) is 0 Å². The normalized spacial score (nSPS) is 12.8. The van der Waals surface area contributed by atoms with Gasteiger partial charge in [-0.25, -0.2) is 0 Å². The van der Waals surface area contributed by atoms with E-state index < -0.39 is 12.1 Å². The van der Waals surface area contributed by atoms with E-state index in [1.165, 1.54) is 167 Å². The molecule has 0 bridgehead atoms. The molecule has 1 unspecified atom stereocenters. The van der Waals surface area contributed by atoms with Gasteiger partial charge in [0, 0.05) is 12.8 Å². The van der Waals surface area contributed by atoms with Crippen LogP contribution >= 0.6 is 0 Å². The second kappa shape index (κ2) is 64.6. The number of unbranched alkanes of at least 4 members (excludes halogenated alkanes) is 30. The van der Waals surface area contributed by atoms with Gasteiger partial charge in [0.15, 0.2) is 6.10 Å². The van der Waals surface area contributed by atoms with Crippen molar-refractivity contribution in [2.75, 3.05) is 13.2 Å². The van der Waals surface area contributed by atoms with E-state index in [0.29, 0.717) is 19.3 Å². The summed E-state index contributed by atoms with van der Waals surface area (Å²) in [6.07, 6.45) is 88.7. The fourth-order valence-corrected chi connectivity index (χ4v) is 9.04. The molecule has 0 aromatic rings. The Morgan fingerprint density at radius 2 is 0.545 bits per heavy atom. The van der Waals surface area contributed by atoms with Crippen LogP contribution in [0.5, 0.6) is 0 Å². The first-order valence-corrected chi connectivity index (χ1v) is 32.4. The van der Waals surface area contributed by atoms with Gasteiger partial charge >= 0.3 is 17.9 Å². The molecule has 0 aliphatic carbocycles. The molecule has 0 rings (SSSR count). The minimum Gasteiger partial charge on any atom is -0.462 e. The molecule has 6 heteroatoms. The summed E-state index contributed by atoms with van der Waals surface area (Å²) in [6, 6.07) is 0. The summed E-state index contributed by atoms with van der Waals surface area (Å²) >= 11 is 0. The lowest BCUT2D eigenvalue weighted by atomic mass is 10.0. The maximum absolute atomic E-state index is 12.8. The standard InChI is InChI=1S/C71H120O6/c1-4-7-10-13-16-19-22-25-28-29-30-31-32-33-34-35-36-37-38-39-40-41-44-46-49-52-55-58-61-64-70(73)76-67-68(77-71(74)65-62-59-56-53-50-47-43-27-24-21-18-15-12-9-6-3)66-75-69(72)63-60-57-54-51-48-45-42-26-23-20-17-14-11-8-5-2/h8-9,11-12,17-18,20-21,26-27,42-43,48,50-51,53,59,62,68H,4-7,10,13-16,19,22-25,28-41,44-47,49,52,54-58,60-61,63-67H2,1-3H3/b11-8-,12-9-,20-17-,21-18-,42-26-,43-27-,51-48-,53-50-,62-59-. The number of allylic oxidation sites excluding steroid dienone is 17. The average Bonchev–Trinajstić information content (AvgIpc) is 3.43. The minimum absolute atomic E-state index is 0.0862. The molecule has 6 nitrogen and oxygen atoms in total. The first kappa shape index (κ1) is 73.1. The van der Waals surface area contributed by atoms with Crippen molar-refractivity contribution in [3.05, 3.63) is 109 Å². The van der Waals surface area contributed by atoms with Crippen LogP contribution in [0.1, 0.15) is 303 Å². The lowest BCUT2D eigenvalue weighted by Crippen LogP contribution is -2.30. The molecule has 0 N–H and O–H groups in total. The van der Waals surface area contributed by atoms with E-state index in [0.717, 1.165) is 83.5 Å². The molecule has 0 aliphatic heterocycles. The van der Waals surface area contributed by atoms with Crippen LogP contribution in [0.3, 0.4) is 0 Å². The predicted molar refractivity (Wildman–Crippen MR) is 334 cm³/mol. The monoisotopic (exact) mass is 1070 g/mol. The molecule has 0 aliphatic rings. The zero-order chi connectivity index (χ0) is 55.7. The Balaban J connectivity index is 4.30. The Morgan fingerprint density at radius 1 is 0.286 bits per heavy atom. The molecule has 0 saturated carbocycles. The number of carbonyl (C=O) groups is 3. The zero-order valence-corrected chi connectivity index (χ0v) is 50.4. The van der Waals surface area contributed by atoms with Crippen molar-refractivity contribution in [1.82, 2.24) is 0 Å². The van der Waals surface area contributed by atoms with Crippen LogP contribution in [0.4, 0.5) is 0 Å². The Bertz CT molecular complexity index is 1560. The van der Waals surface area contributed by atoms with Gasteiger partial charge in [0.2, 0.25) is 0 Å². The molecule has 0 fully saturated rings. The molecule has 1 atom stereocenters. The Kier molecular flexibility index (Phi) is 61.3. The highest BCUT2D eigenvalue weighted by atomic mass is 16.6.